The maximum absolute atomic E-state index is 5.92. The summed E-state index contributed by atoms with van der Waals surface area (Å²) in [5.74, 6) is 0.812. The van der Waals surface area contributed by atoms with Crippen molar-refractivity contribution in [1.82, 2.24) is 4.98 Å². The summed E-state index contributed by atoms with van der Waals surface area (Å²) in [4.78, 5) is 4.55. The van der Waals surface area contributed by atoms with Gasteiger partial charge in [-0.15, -0.1) is 0 Å². The minimum atomic E-state index is 0.720. The van der Waals surface area contributed by atoms with Gasteiger partial charge in [0.2, 0.25) is 0 Å². The van der Waals surface area contributed by atoms with E-state index in [4.69, 9.17) is 16.3 Å². The van der Waals surface area contributed by atoms with Gasteiger partial charge in [0.1, 0.15) is 5.75 Å². The highest BCUT2D eigenvalue weighted by Crippen LogP contribution is 2.29. The number of methoxy groups -OCH3 is 1. The standard InChI is InChI=1S/C17H15ClN2O/c1-11-9-17(20-13-5-3-12(18)4-6-13)15-10-14(21-2)7-8-16(15)19-11/h3-10H,1-2H3,(H,19,20). The normalized spacial score (nSPS) is 10.6. The van der Waals surface area contributed by atoms with Crippen LogP contribution in [-0.2, 0) is 0 Å². The highest BCUT2D eigenvalue weighted by atomic mass is 35.5. The molecule has 21 heavy (non-hydrogen) atoms. The van der Waals surface area contributed by atoms with Crippen molar-refractivity contribution in [2.75, 3.05) is 12.4 Å². The molecule has 0 radical (unpaired) electrons. The van der Waals surface area contributed by atoms with Crippen LogP contribution in [0.4, 0.5) is 11.4 Å². The van der Waals surface area contributed by atoms with E-state index in [2.05, 4.69) is 10.3 Å². The van der Waals surface area contributed by atoms with Gasteiger partial charge in [0.15, 0.2) is 0 Å². The molecule has 3 rings (SSSR count). The van der Waals surface area contributed by atoms with Crippen molar-refractivity contribution in [2.24, 2.45) is 0 Å². The van der Waals surface area contributed by atoms with E-state index in [0.717, 1.165) is 38.7 Å². The third-order valence-corrected chi connectivity index (χ3v) is 3.52. The molecular formula is C17H15ClN2O. The monoisotopic (exact) mass is 298 g/mol. The van der Waals surface area contributed by atoms with Gasteiger partial charge in [-0.25, -0.2) is 0 Å². The van der Waals surface area contributed by atoms with Gasteiger partial charge >= 0.3 is 0 Å². The highest BCUT2D eigenvalue weighted by molar-refractivity contribution is 6.30. The number of nitrogens with zero attached hydrogens (tertiary/aromatic N) is 1. The minimum absolute atomic E-state index is 0.720. The quantitative estimate of drug-likeness (QED) is 0.743. The Morgan fingerprint density at radius 1 is 1.05 bits per heavy atom. The Balaban J connectivity index is 2.09. The Kier molecular flexibility index (Phi) is 3.67. The predicted octanol–water partition coefficient (Wildman–Crippen LogP) is 4.95. The molecule has 4 heteroatoms. The van der Waals surface area contributed by atoms with Gasteiger partial charge in [0, 0.05) is 27.5 Å². The molecule has 1 N–H and O–H groups in total. The molecule has 0 spiro atoms. The van der Waals surface area contributed by atoms with Crippen LogP contribution in [0.1, 0.15) is 5.69 Å². The second kappa shape index (κ2) is 5.62. The molecule has 1 heterocycles. The molecule has 106 valence electrons. The fourth-order valence-electron chi connectivity index (χ4n) is 2.26. The molecular weight excluding hydrogens is 284 g/mol. The zero-order valence-electron chi connectivity index (χ0n) is 11.9. The zero-order chi connectivity index (χ0) is 14.8. The summed E-state index contributed by atoms with van der Waals surface area (Å²) < 4.78 is 5.30. The topological polar surface area (TPSA) is 34.1 Å². The number of hydrogen-bond acceptors (Lipinski definition) is 3. The molecule has 0 fully saturated rings. The lowest BCUT2D eigenvalue weighted by Crippen LogP contribution is -1.95. The molecule has 1 aromatic heterocycles. The first-order chi connectivity index (χ1) is 10.2. The fraction of sp³-hybridized carbons (Fsp3) is 0.118. The van der Waals surface area contributed by atoms with Gasteiger partial charge in [0.25, 0.3) is 0 Å². The molecule has 3 nitrogen and oxygen atoms in total. The van der Waals surface area contributed by atoms with E-state index in [1.165, 1.54) is 0 Å². The van der Waals surface area contributed by atoms with E-state index >= 15 is 0 Å². The van der Waals surface area contributed by atoms with Crippen LogP contribution in [-0.4, -0.2) is 12.1 Å². The molecule has 2 aromatic carbocycles. The van der Waals surface area contributed by atoms with Crippen molar-refractivity contribution in [1.29, 1.82) is 0 Å². The number of benzene rings is 2. The summed E-state index contributed by atoms with van der Waals surface area (Å²) in [6.07, 6.45) is 0. The van der Waals surface area contributed by atoms with Crippen molar-refractivity contribution in [3.05, 3.63) is 59.2 Å². The van der Waals surface area contributed by atoms with Gasteiger partial charge in [-0.05, 0) is 55.5 Å². The third kappa shape index (κ3) is 2.93. The maximum atomic E-state index is 5.92. The van der Waals surface area contributed by atoms with E-state index in [9.17, 15) is 0 Å². The van der Waals surface area contributed by atoms with Crippen LogP contribution in [0.15, 0.2) is 48.5 Å². The second-order valence-corrected chi connectivity index (χ2v) is 5.26. The Hall–Kier alpha value is -2.26. The molecule has 0 aliphatic heterocycles. The molecule has 0 saturated heterocycles. The smallest absolute Gasteiger partial charge is 0.119 e. The lowest BCUT2D eigenvalue weighted by atomic mass is 10.1. The number of nitrogens with one attached hydrogen (secondary N) is 1. The summed E-state index contributed by atoms with van der Waals surface area (Å²) in [5, 5.41) is 5.16. The van der Waals surface area contributed by atoms with Crippen molar-refractivity contribution >= 4 is 33.9 Å². The Morgan fingerprint density at radius 3 is 2.52 bits per heavy atom. The van der Waals surface area contributed by atoms with Crippen molar-refractivity contribution in [3.63, 3.8) is 0 Å². The lowest BCUT2D eigenvalue weighted by molar-refractivity contribution is 0.415. The Morgan fingerprint density at radius 2 is 1.81 bits per heavy atom. The molecule has 0 amide bonds. The van der Waals surface area contributed by atoms with E-state index in [1.807, 2.05) is 55.5 Å². The van der Waals surface area contributed by atoms with Crippen LogP contribution in [0.3, 0.4) is 0 Å². The average molecular weight is 299 g/mol. The number of fused-ring (bicyclic) bond motifs is 1. The molecule has 0 bridgehead atoms. The number of anilines is 2. The van der Waals surface area contributed by atoms with Gasteiger partial charge in [0.05, 0.1) is 12.6 Å². The number of pyridine rings is 1. The Labute approximate surface area is 128 Å². The maximum Gasteiger partial charge on any atom is 0.119 e. The predicted molar refractivity (Wildman–Crippen MR) is 87.8 cm³/mol. The first-order valence-electron chi connectivity index (χ1n) is 6.64. The fourth-order valence-corrected chi connectivity index (χ4v) is 2.38. The highest BCUT2D eigenvalue weighted by Gasteiger charge is 2.06. The summed E-state index contributed by atoms with van der Waals surface area (Å²) >= 11 is 5.92. The van der Waals surface area contributed by atoms with Crippen molar-refractivity contribution < 1.29 is 4.74 Å². The molecule has 0 aliphatic rings. The SMILES string of the molecule is COc1ccc2nc(C)cc(Nc3ccc(Cl)cc3)c2c1. The molecule has 0 unspecified atom stereocenters. The summed E-state index contributed by atoms with van der Waals surface area (Å²) in [7, 11) is 1.66. The first kappa shape index (κ1) is 13.7. The summed E-state index contributed by atoms with van der Waals surface area (Å²) in [5.41, 5.74) is 3.88. The first-order valence-corrected chi connectivity index (χ1v) is 7.01. The lowest BCUT2D eigenvalue weighted by Gasteiger charge is -2.12. The number of rotatable bonds is 3. The van der Waals surface area contributed by atoms with Crippen molar-refractivity contribution in [2.45, 2.75) is 6.92 Å². The van der Waals surface area contributed by atoms with E-state index in [-0.39, 0.29) is 0 Å². The van der Waals surface area contributed by atoms with Crippen LogP contribution in [0.5, 0.6) is 5.75 Å². The molecule has 0 aliphatic carbocycles. The van der Waals surface area contributed by atoms with Gasteiger partial charge in [-0.2, -0.15) is 0 Å². The van der Waals surface area contributed by atoms with Gasteiger partial charge in [-0.3, -0.25) is 4.98 Å². The largest absolute Gasteiger partial charge is 0.497 e. The van der Waals surface area contributed by atoms with E-state index < -0.39 is 0 Å². The van der Waals surface area contributed by atoms with Crippen molar-refractivity contribution in [3.8, 4) is 5.75 Å². The summed E-state index contributed by atoms with van der Waals surface area (Å²) in [6.45, 7) is 1.98. The number of halogens is 1. The third-order valence-electron chi connectivity index (χ3n) is 3.27. The van der Waals surface area contributed by atoms with Crippen LogP contribution in [0.25, 0.3) is 10.9 Å². The van der Waals surface area contributed by atoms with Gasteiger partial charge in [-0.1, -0.05) is 11.6 Å². The molecule has 0 atom stereocenters. The second-order valence-electron chi connectivity index (χ2n) is 4.83. The summed E-state index contributed by atoms with van der Waals surface area (Å²) in [6, 6.07) is 15.5. The number of aromatic nitrogens is 1. The number of ether oxygens (including phenoxy) is 1. The van der Waals surface area contributed by atoms with E-state index in [1.54, 1.807) is 7.11 Å². The van der Waals surface area contributed by atoms with E-state index in [0.29, 0.717) is 0 Å². The number of hydrogen-bond donors (Lipinski definition) is 1. The Bertz CT molecular complexity index is 785. The average Bonchev–Trinajstić information content (AvgIpc) is 2.49. The van der Waals surface area contributed by atoms with Crippen LogP contribution >= 0.6 is 11.6 Å². The minimum Gasteiger partial charge on any atom is -0.497 e. The van der Waals surface area contributed by atoms with Crippen LogP contribution in [0.2, 0.25) is 5.02 Å². The molecule has 3 aromatic rings. The molecule has 0 saturated carbocycles. The van der Waals surface area contributed by atoms with Crippen LogP contribution < -0.4 is 10.1 Å². The van der Waals surface area contributed by atoms with Crippen LogP contribution in [0, 0.1) is 6.92 Å². The number of aryl methyl sites for hydroxylation is 1. The van der Waals surface area contributed by atoms with Gasteiger partial charge < -0.3 is 10.1 Å². The zero-order valence-corrected chi connectivity index (χ0v) is 12.6.